The Hall–Kier alpha value is -3.50. The fourth-order valence-electron chi connectivity index (χ4n) is 5.61. The fourth-order valence-corrected chi connectivity index (χ4v) is 8.33. The average molecular weight is 566 g/mol. The standard InChI is InChI=1S/C33H34ClN4OSi/c1-22-20-24(21-35)16-17-28(22)38-19-18-27(29-31(34)36-23(2)37-32(29)38)30(33(3,4)5)39-40(25-12-8-6-9-13-25)26-14-10-7-11-15-26/h6-17,20,27,30H,18-19H2,1-5H3. The minimum Gasteiger partial charge on any atom is -0.403 e. The second kappa shape index (κ2) is 11.5. The van der Waals surface area contributed by atoms with Gasteiger partial charge in [-0.1, -0.05) is 93.0 Å². The molecular formula is C33H34ClN4OSi. The van der Waals surface area contributed by atoms with Crippen LogP contribution in [0.15, 0.2) is 78.9 Å². The van der Waals surface area contributed by atoms with E-state index in [0.29, 0.717) is 16.5 Å². The molecule has 1 aliphatic heterocycles. The summed E-state index contributed by atoms with van der Waals surface area (Å²) in [5, 5.41) is 12.3. The van der Waals surface area contributed by atoms with Gasteiger partial charge in [0.2, 0.25) is 0 Å². The molecule has 1 aliphatic rings. The smallest absolute Gasteiger partial charge is 0.283 e. The maximum absolute atomic E-state index is 9.39. The molecule has 4 aromatic rings. The van der Waals surface area contributed by atoms with Gasteiger partial charge in [-0.25, -0.2) is 9.97 Å². The van der Waals surface area contributed by atoms with Gasteiger partial charge in [-0.15, -0.1) is 0 Å². The number of aromatic nitrogens is 2. The second-order valence-electron chi connectivity index (χ2n) is 11.4. The molecule has 0 aliphatic carbocycles. The van der Waals surface area contributed by atoms with Gasteiger partial charge in [0.15, 0.2) is 0 Å². The quantitative estimate of drug-likeness (QED) is 0.198. The zero-order valence-electron chi connectivity index (χ0n) is 23.6. The summed E-state index contributed by atoms with van der Waals surface area (Å²) >= 11 is 6.98. The monoisotopic (exact) mass is 565 g/mol. The third-order valence-corrected chi connectivity index (χ3v) is 9.93. The maximum atomic E-state index is 9.39. The normalized spacial score (nSPS) is 15.9. The summed E-state index contributed by atoms with van der Waals surface area (Å²) in [6.07, 6.45) is 0.702. The van der Waals surface area contributed by atoms with Crippen molar-refractivity contribution in [3.63, 3.8) is 0 Å². The van der Waals surface area contributed by atoms with Crippen molar-refractivity contribution in [2.24, 2.45) is 5.41 Å². The summed E-state index contributed by atoms with van der Waals surface area (Å²) in [5.41, 5.74) is 3.45. The van der Waals surface area contributed by atoms with E-state index in [9.17, 15) is 5.26 Å². The van der Waals surface area contributed by atoms with E-state index < -0.39 is 9.04 Å². The molecule has 0 spiro atoms. The minimum absolute atomic E-state index is 0.00506. The van der Waals surface area contributed by atoms with Crippen LogP contribution >= 0.6 is 11.6 Å². The summed E-state index contributed by atoms with van der Waals surface area (Å²) in [6.45, 7) is 11.4. The highest BCUT2D eigenvalue weighted by Crippen LogP contribution is 2.47. The van der Waals surface area contributed by atoms with Crippen molar-refractivity contribution < 1.29 is 4.43 Å². The van der Waals surface area contributed by atoms with Gasteiger partial charge in [0.25, 0.3) is 9.04 Å². The lowest BCUT2D eigenvalue weighted by atomic mass is 9.76. The molecule has 5 nitrogen and oxygen atoms in total. The first kappa shape index (κ1) is 28.0. The van der Waals surface area contributed by atoms with Crippen LogP contribution < -0.4 is 15.3 Å². The summed E-state index contributed by atoms with van der Waals surface area (Å²) in [4.78, 5) is 11.8. The molecule has 1 aromatic heterocycles. The molecule has 0 saturated carbocycles. The average Bonchev–Trinajstić information content (AvgIpc) is 2.93. The Kier molecular flexibility index (Phi) is 8.09. The number of rotatable bonds is 6. The van der Waals surface area contributed by atoms with Crippen molar-refractivity contribution in [1.29, 1.82) is 5.26 Å². The highest BCUT2D eigenvalue weighted by Gasteiger charge is 2.43. The molecule has 0 saturated heterocycles. The molecule has 0 bridgehead atoms. The molecule has 203 valence electrons. The van der Waals surface area contributed by atoms with E-state index in [1.165, 1.54) is 10.4 Å². The number of aryl methyl sites for hydroxylation is 2. The van der Waals surface area contributed by atoms with Crippen LogP contribution in [0.4, 0.5) is 11.5 Å². The Morgan fingerprint density at radius 3 is 2.15 bits per heavy atom. The Bertz CT molecular complexity index is 1490. The largest absolute Gasteiger partial charge is 0.403 e. The van der Waals surface area contributed by atoms with Crippen LogP contribution in [0.1, 0.15) is 55.6 Å². The van der Waals surface area contributed by atoms with Gasteiger partial charge in [-0.2, -0.15) is 5.26 Å². The molecule has 2 atom stereocenters. The molecule has 0 amide bonds. The lowest BCUT2D eigenvalue weighted by molar-refractivity contribution is 0.0599. The van der Waals surface area contributed by atoms with E-state index in [2.05, 4.69) is 85.3 Å². The summed E-state index contributed by atoms with van der Waals surface area (Å²) < 4.78 is 7.30. The van der Waals surface area contributed by atoms with Crippen LogP contribution in [0.25, 0.3) is 0 Å². The number of benzene rings is 3. The summed E-state index contributed by atoms with van der Waals surface area (Å²) in [7, 11) is -1.56. The van der Waals surface area contributed by atoms with Gasteiger partial charge in [0.1, 0.15) is 16.8 Å². The van der Waals surface area contributed by atoms with Crippen LogP contribution in [-0.2, 0) is 4.43 Å². The van der Waals surface area contributed by atoms with Gasteiger partial charge in [0.05, 0.1) is 17.7 Å². The lowest BCUT2D eigenvalue weighted by Gasteiger charge is -2.44. The predicted molar refractivity (Wildman–Crippen MR) is 164 cm³/mol. The van der Waals surface area contributed by atoms with Crippen molar-refractivity contribution in [3.8, 4) is 6.07 Å². The Labute approximate surface area is 244 Å². The van der Waals surface area contributed by atoms with Crippen LogP contribution in [-0.4, -0.2) is 31.7 Å². The molecule has 0 N–H and O–H groups in total. The molecular weight excluding hydrogens is 532 g/mol. The minimum atomic E-state index is -1.56. The van der Waals surface area contributed by atoms with Gasteiger partial charge >= 0.3 is 0 Å². The first-order chi connectivity index (χ1) is 19.2. The zero-order valence-corrected chi connectivity index (χ0v) is 25.4. The number of halogens is 1. The summed E-state index contributed by atoms with van der Waals surface area (Å²) in [5.74, 6) is 1.46. The topological polar surface area (TPSA) is 62.0 Å². The van der Waals surface area contributed by atoms with Gasteiger partial charge in [0, 0.05) is 23.7 Å². The first-order valence-corrected chi connectivity index (χ1v) is 15.4. The third-order valence-electron chi connectivity index (χ3n) is 7.43. The number of fused-ring (bicyclic) bond motifs is 1. The van der Waals surface area contributed by atoms with Crippen LogP contribution in [0, 0.1) is 30.6 Å². The first-order valence-electron chi connectivity index (χ1n) is 13.6. The molecule has 2 unspecified atom stereocenters. The molecule has 3 aromatic carbocycles. The molecule has 0 fully saturated rings. The van der Waals surface area contributed by atoms with Crippen molar-refractivity contribution in [2.45, 2.75) is 53.1 Å². The SMILES string of the molecule is Cc1nc(Cl)c2c(n1)N(c1ccc(C#N)cc1C)CCC2C(O[Si](c1ccccc1)c1ccccc1)C(C)(C)C. The Morgan fingerprint density at radius 2 is 1.60 bits per heavy atom. The molecule has 40 heavy (non-hydrogen) atoms. The molecule has 2 heterocycles. The van der Waals surface area contributed by atoms with Gasteiger partial charge < -0.3 is 9.33 Å². The number of anilines is 2. The van der Waals surface area contributed by atoms with Crippen LogP contribution in [0.3, 0.4) is 0 Å². The van der Waals surface area contributed by atoms with Crippen LogP contribution in [0.5, 0.6) is 0 Å². The number of hydrogen-bond acceptors (Lipinski definition) is 5. The highest BCUT2D eigenvalue weighted by molar-refractivity contribution is 6.80. The number of nitrogens with zero attached hydrogens (tertiary/aromatic N) is 4. The number of hydrogen-bond donors (Lipinski definition) is 0. The second-order valence-corrected chi connectivity index (χ2v) is 13.8. The molecule has 1 radical (unpaired) electrons. The lowest BCUT2D eigenvalue weighted by Crippen LogP contribution is -2.52. The van der Waals surface area contributed by atoms with Crippen molar-refractivity contribution in [3.05, 3.63) is 107 Å². The number of nitriles is 1. The van der Waals surface area contributed by atoms with E-state index in [1.54, 1.807) is 0 Å². The van der Waals surface area contributed by atoms with Crippen molar-refractivity contribution in [2.75, 3.05) is 11.4 Å². The van der Waals surface area contributed by atoms with Crippen molar-refractivity contribution >= 4 is 42.5 Å². The van der Waals surface area contributed by atoms with E-state index in [0.717, 1.165) is 35.6 Å². The summed E-state index contributed by atoms with van der Waals surface area (Å²) in [6, 6.07) is 29.1. The fraction of sp³-hybridized carbons (Fsp3) is 0.303. The predicted octanol–water partition coefficient (Wildman–Crippen LogP) is 6.48. The zero-order chi connectivity index (χ0) is 28.4. The van der Waals surface area contributed by atoms with Crippen LogP contribution in [0.2, 0.25) is 5.15 Å². The maximum Gasteiger partial charge on any atom is 0.283 e. The van der Waals surface area contributed by atoms with E-state index in [1.807, 2.05) is 44.2 Å². The molecule has 5 rings (SSSR count). The van der Waals surface area contributed by atoms with Gasteiger partial charge in [-0.05, 0) is 59.8 Å². The van der Waals surface area contributed by atoms with Crippen molar-refractivity contribution in [1.82, 2.24) is 9.97 Å². The Balaban J connectivity index is 1.61. The highest BCUT2D eigenvalue weighted by atomic mass is 35.5. The van der Waals surface area contributed by atoms with E-state index >= 15 is 0 Å². The Morgan fingerprint density at radius 1 is 0.975 bits per heavy atom. The van der Waals surface area contributed by atoms with Gasteiger partial charge in [-0.3, -0.25) is 0 Å². The molecule has 7 heteroatoms. The third kappa shape index (κ3) is 5.69. The van der Waals surface area contributed by atoms with E-state index in [4.69, 9.17) is 21.0 Å². The van der Waals surface area contributed by atoms with E-state index in [-0.39, 0.29) is 17.4 Å².